The topological polar surface area (TPSA) is 115 Å². The number of fused-ring (bicyclic) bond motifs is 1. The molecule has 166 valence electrons. The molecule has 0 bridgehead atoms. The van der Waals surface area contributed by atoms with E-state index in [9.17, 15) is 14.4 Å². The Balaban J connectivity index is 1.46. The third-order valence-electron chi connectivity index (χ3n) is 4.88. The molecule has 33 heavy (non-hydrogen) atoms. The first-order chi connectivity index (χ1) is 16.1. The molecule has 9 heteroatoms. The van der Waals surface area contributed by atoms with E-state index < -0.39 is 24.1 Å². The summed E-state index contributed by atoms with van der Waals surface area (Å²) in [5, 5.41) is 12.7. The van der Waals surface area contributed by atoms with Crippen molar-refractivity contribution in [3.05, 3.63) is 96.1 Å². The Morgan fingerprint density at radius 1 is 0.848 bits per heavy atom. The van der Waals surface area contributed by atoms with E-state index in [-0.39, 0.29) is 13.0 Å². The van der Waals surface area contributed by atoms with Crippen molar-refractivity contribution < 1.29 is 19.1 Å². The number of nitrogens with zero attached hydrogens (tertiary/aromatic N) is 3. The fourth-order valence-corrected chi connectivity index (χ4v) is 3.24. The van der Waals surface area contributed by atoms with Crippen molar-refractivity contribution >= 4 is 29.1 Å². The number of hydrogen-bond acceptors (Lipinski definition) is 6. The summed E-state index contributed by atoms with van der Waals surface area (Å²) in [6.45, 7) is 0.0145. The average Bonchev–Trinajstić information content (AvgIpc) is 3.28. The molecule has 0 fully saturated rings. The second kappa shape index (κ2) is 10.2. The van der Waals surface area contributed by atoms with Gasteiger partial charge in [0.15, 0.2) is 0 Å². The minimum atomic E-state index is -1.05. The molecule has 2 N–H and O–H groups in total. The smallest absolute Gasteiger partial charge is 0.414 e. The molecule has 3 amide bonds. The number of ether oxygens (including phenoxy) is 1. The first-order valence-electron chi connectivity index (χ1n) is 10.3. The van der Waals surface area contributed by atoms with Crippen LogP contribution in [0.3, 0.4) is 0 Å². The van der Waals surface area contributed by atoms with Crippen LogP contribution in [0.25, 0.3) is 11.0 Å². The maximum absolute atomic E-state index is 12.9. The van der Waals surface area contributed by atoms with E-state index in [1.54, 1.807) is 36.4 Å². The molecule has 4 rings (SSSR count). The van der Waals surface area contributed by atoms with Crippen LogP contribution in [0.15, 0.2) is 84.9 Å². The molecule has 0 spiro atoms. The Morgan fingerprint density at radius 3 is 2.21 bits per heavy atom. The van der Waals surface area contributed by atoms with E-state index in [2.05, 4.69) is 20.9 Å². The molecule has 9 nitrogen and oxygen atoms in total. The van der Waals surface area contributed by atoms with Crippen LogP contribution in [0.1, 0.15) is 11.1 Å². The predicted octanol–water partition coefficient (Wildman–Crippen LogP) is 3.05. The van der Waals surface area contributed by atoms with Gasteiger partial charge in [-0.25, -0.2) is 9.59 Å². The molecule has 4 aromatic rings. The number of benzene rings is 3. The number of carbonyl (C=O) groups is 3. The number of aromatic nitrogens is 3. The highest BCUT2D eigenvalue weighted by atomic mass is 16.5. The fraction of sp³-hybridized carbons (Fsp3) is 0.125. The average molecular weight is 443 g/mol. The van der Waals surface area contributed by atoms with Crippen molar-refractivity contribution in [1.82, 2.24) is 25.6 Å². The first kappa shape index (κ1) is 21.7. The lowest BCUT2D eigenvalue weighted by molar-refractivity contribution is -0.122. The van der Waals surface area contributed by atoms with E-state index in [0.717, 1.165) is 15.8 Å². The van der Waals surface area contributed by atoms with Crippen LogP contribution in [-0.4, -0.2) is 39.1 Å². The van der Waals surface area contributed by atoms with Gasteiger partial charge in [0.05, 0.1) is 5.52 Å². The first-order valence-corrected chi connectivity index (χ1v) is 10.3. The molecule has 1 heterocycles. The van der Waals surface area contributed by atoms with Crippen LogP contribution in [0, 0.1) is 0 Å². The van der Waals surface area contributed by atoms with Crippen molar-refractivity contribution in [2.24, 2.45) is 0 Å². The predicted molar refractivity (Wildman–Crippen MR) is 120 cm³/mol. The number of imide groups is 1. The molecule has 0 aliphatic heterocycles. The van der Waals surface area contributed by atoms with Crippen LogP contribution >= 0.6 is 0 Å². The Kier molecular flexibility index (Phi) is 6.70. The quantitative estimate of drug-likeness (QED) is 0.473. The third kappa shape index (κ3) is 5.59. The molecular weight excluding hydrogens is 422 g/mol. The number of alkyl carbamates (subject to hydrolysis) is 1. The number of amides is 3. The molecule has 0 unspecified atom stereocenters. The summed E-state index contributed by atoms with van der Waals surface area (Å²) in [7, 11) is 0. The minimum Gasteiger partial charge on any atom is -0.444 e. The Labute approximate surface area is 189 Å². The van der Waals surface area contributed by atoms with Gasteiger partial charge in [-0.1, -0.05) is 78.0 Å². The molecule has 1 atom stereocenters. The number of para-hydroxylation sites is 1. The standard InChI is InChI=1S/C24H21N5O4/c30-22(26-24(32)33-16-18-11-5-2-6-12-18)20(15-17-9-3-1-4-10-17)25-23(31)29-21-14-8-7-13-19(21)27-28-29/h1-14,20H,15-16H2,(H,25,31)(H,26,30,32)/t20-/m1/s1. The lowest BCUT2D eigenvalue weighted by Gasteiger charge is -2.18. The molecule has 0 saturated carbocycles. The molecule has 3 aromatic carbocycles. The van der Waals surface area contributed by atoms with Crippen LogP contribution < -0.4 is 10.6 Å². The SMILES string of the molecule is O=C(NC(=O)[C@@H](Cc1ccccc1)NC(=O)n1nnc2ccccc21)OCc1ccccc1. The number of nitrogens with one attached hydrogen (secondary N) is 2. The van der Waals surface area contributed by atoms with Crippen molar-refractivity contribution in [3.63, 3.8) is 0 Å². The van der Waals surface area contributed by atoms with Crippen LogP contribution in [0.4, 0.5) is 9.59 Å². The minimum absolute atomic E-state index is 0.0145. The number of carbonyl (C=O) groups excluding carboxylic acids is 3. The maximum Gasteiger partial charge on any atom is 0.414 e. The highest BCUT2D eigenvalue weighted by molar-refractivity contribution is 5.97. The highest BCUT2D eigenvalue weighted by Gasteiger charge is 2.25. The van der Waals surface area contributed by atoms with Gasteiger partial charge in [0.1, 0.15) is 18.2 Å². The Bertz CT molecular complexity index is 1260. The molecule has 0 aliphatic carbocycles. The summed E-state index contributed by atoms with van der Waals surface area (Å²) in [5.41, 5.74) is 2.63. The summed E-state index contributed by atoms with van der Waals surface area (Å²) in [5.74, 6) is -0.699. The maximum atomic E-state index is 12.9. The second-order valence-corrected chi connectivity index (χ2v) is 7.23. The van der Waals surface area contributed by atoms with E-state index in [4.69, 9.17) is 4.74 Å². The normalized spacial score (nSPS) is 11.5. The van der Waals surface area contributed by atoms with Gasteiger partial charge in [0.2, 0.25) is 0 Å². The lowest BCUT2D eigenvalue weighted by Crippen LogP contribution is -2.50. The van der Waals surface area contributed by atoms with Gasteiger partial charge in [-0.05, 0) is 23.3 Å². The molecule has 0 radical (unpaired) electrons. The van der Waals surface area contributed by atoms with Crippen LogP contribution in [-0.2, 0) is 22.6 Å². The monoisotopic (exact) mass is 443 g/mol. The highest BCUT2D eigenvalue weighted by Crippen LogP contribution is 2.10. The van der Waals surface area contributed by atoms with Gasteiger partial charge in [-0.15, -0.1) is 5.10 Å². The third-order valence-corrected chi connectivity index (χ3v) is 4.88. The summed E-state index contributed by atoms with van der Waals surface area (Å²) in [6, 6.07) is 23.5. The van der Waals surface area contributed by atoms with E-state index in [0.29, 0.717) is 11.0 Å². The van der Waals surface area contributed by atoms with Crippen molar-refractivity contribution in [2.75, 3.05) is 0 Å². The van der Waals surface area contributed by atoms with E-state index in [1.807, 2.05) is 48.5 Å². The van der Waals surface area contributed by atoms with Gasteiger partial charge < -0.3 is 10.1 Å². The van der Waals surface area contributed by atoms with E-state index >= 15 is 0 Å². The number of rotatable bonds is 6. The number of hydrogen-bond donors (Lipinski definition) is 2. The molecule has 0 saturated heterocycles. The molecule has 1 aromatic heterocycles. The summed E-state index contributed by atoms with van der Waals surface area (Å²) < 4.78 is 6.20. The summed E-state index contributed by atoms with van der Waals surface area (Å²) in [6.07, 6.45) is -0.737. The van der Waals surface area contributed by atoms with Gasteiger partial charge in [-0.3, -0.25) is 10.1 Å². The van der Waals surface area contributed by atoms with Crippen LogP contribution in [0.2, 0.25) is 0 Å². The Hall–Kier alpha value is -4.53. The summed E-state index contributed by atoms with van der Waals surface area (Å²) in [4.78, 5) is 37.9. The lowest BCUT2D eigenvalue weighted by atomic mass is 10.1. The zero-order valence-corrected chi connectivity index (χ0v) is 17.5. The van der Waals surface area contributed by atoms with E-state index in [1.165, 1.54) is 0 Å². The molecular formula is C24H21N5O4. The Morgan fingerprint density at radius 2 is 1.48 bits per heavy atom. The fourth-order valence-electron chi connectivity index (χ4n) is 3.24. The van der Waals surface area contributed by atoms with Crippen LogP contribution in [0.5, 0.6) is 0 Å². The van der Waals surface area contributed by atoms with Gasteiger partial charge in [0.25, 0.3) is 5.91 Å². The zero-order chi connectivity index (χ0) is 23.0. The van der Waals surface area contributed by atoms with Gasteiger partial charge >= 0.3 is 12.1 Å². The second-order valence-electron chi connectivity index (χ2n) is 7.23. The van der Waals surface area contributed by atoms with Crippen molar-refractivity contribution in [2.45, 2.75) is 19.1 Å². The largest absolute Gasteiger partial charge is 0.444 e. The van der Waals surface area contributed by atoms with Crippen molar-refractivity contribution in [3.8, 4) is 0 Å². The zero-order valence-electron chi connectivity index (χ0n) is 17.5. The van der Waals surface area contributed by atoms with Gasteiger partial charge in [-0.2, -0.15) is 4.68 Å². The van der Waals surface area contributed by atoms with Gasteiger partial charge in [0, 0.05) is 6.42 Å². The van der Waals surface area contributed by atoms with Crippen molar-refractivity contribution in [1.29, 1.82) is 0 Å². The molecule has 0 aliphatic rings. The summed E-state index contributed by atoms with van der Waals surface area (Å²) >= 11 is 0.